The predicted octanol–water partition coefficient (Wildman–Crippen LogP) is 4.45. The zero-order valence-electron chi connectivity index (χ0n) is 16.7. The second-order valence-electron chi connectivity index (χ2n) is 7.00. The van der Waals surface area contributed by atoms with Crippen LogP contribution in [0.15, 0.2) is 36.4 Å². The first kappa shape index (κ1) is 22.2. The van der Waals surface area contributed by atoms with Gasteiger partial charge in [-0.05, 0) is 47.9 Å². The minimum atomic E-state index is -0.210. The summed E-state index contributed by atoms with van der Waals surface area (Å²) < 4.78 is 1.63. The molecule has 2 aromatic carbocycles. The molecule has 0 spiro atoms. The van der Waals surface area contributed by atoms with Gasteiger partial charge in [0.2, 0.25) is 0 Å². The number of hydrogen-bond acceptors (Lipinski definition) is 5. The van der Waals surface area contributed by atoms with Crippen molar-refractivity contribution in [2.45, 2.75) is 39.8 Å². The lowest BCUT2D eigenvalue weighted by molar-refractivity contribution is 0.0976. The zero-order valence-corrected chi connectivity index (χ0v) is 18.2. The van der Waals surface area contributed by atoms with Crippen LogP contribution in [0.5, 0.6) is 0 Å². The summed E-state index contributed by atoms with van der Waals surface area (Å²) in [6.07, 6.45) is 0.411. The predicted molar refractivity (Wildman–Crippen MR) is 115 cm³/mol. The second-order valence-corrected chi connectivity index (χ2v) is 7.82. The zero-order chi connectivity index (χ0) is 21.8. The van der Waals surface area contributed by atoms with Crippen molar-refractivity contribution in [2.24, 2.45) is 0 Å². The number of aromatic nitrogens is 3. The quantitative estimate of drug-likeness (QED) is 0.517. The molecule has 0 aliphatic carbocycles. The molecule has 3 rings (SSSR count). The fourth-order valence-electron chi connectivity index (χ4n) is 3.17. The minimum Gasteiger partial charge on any atom is -0.392 e. The van der Waals surface area contributed by atoms with Gasteiger partial charge in [0, 0.05) is 18.4 Å². The van der Waals surface area contributed by atoms with Gasteiger partial charge < -0.3 is 5.11 Å². The summed E-state index contributed by atoms with van der Waals surface area (Å²) >= 11 is 12.0. The van der Waals surface area contributed by atoms with E-state index in [-0.39, 0.29) is 30.3 Å². The molecule has 0 aliphatic heterocycles. The van der Waals surface area contributed by atoms with Gasteiger partial charge >= 0.3 is 0 Å². The number of benzene rings is 2. The van der Waals surface area contributed by atoms with E-state index in [1.165, 1.54) is 0 Å². The Morgan fingerprint density at radius 2 is 1.73 bits per heavy atom. The van der Waals surface area contributed by atoms with Crippen LogP contribution in [0, 0.1) is 6.92 Å². The van der Waals surface area contributed by atoms with Crippen molar-refractivity contribution in [3.63, 3.8) is 0 Å². The van der Waals surface area contributed by atoms with Crippen LogP contribution in [0.4, 0.5) is 0 Å². The molecule has 0 radical (unpaired) electrons. The Balaban J connectivity index is 1.81. The highest BCUT2D eigenvalue weighted by atomic mass is 35.5. The molecule has 0 saturated carbocycles. The number of ketones is 2. The van der Waals surface area contributed by atoms with E-state index in [0.29, 0.717) is 45.4 Å². The summed E-state index contributed by atoms with van der Waals surface area (Å²) in [5, 5.41) is 18.5. The standard InChI is InChI=1S/C22H21Cl2N3O3/c1-3-20(29)17-7-15(6-16(8-17)12-28)10-21(30)22-13(2)27(26-25-22)11-14-4-5-18(23)19(24)9-14/h4-9,28H,3,10-12H2,1-2H3. The summed E-state index contributed by atoms with van der Waals surface area (Å²) in [5.41, 5.74) is 3.53. The number of carbonyl (C=O) groups is 2. The van der Waals surface area contributed by atoms with Gasteiger partial charge in [0.1, 0.15) is 0 Å². The van der Waals surface area contributed by atoms with Gasteiger partial charge in [0.15, 0.2) is 17.3 Å². The number of rotatable bonds is 8. The molecular weight excluding hydrogens is 425 g/mol. The Morgan fingerprint density at radius 3 is 2.40 bits per heavy atom. The molecule has 0 saturated heterocycles. The molecule has 0 bridgehead atoms. The van der Waals surface area contributed by atoms with E-state index >= 15 is 0 Å². The number of aliphatic hydroxyl groups is 1. The Kier molecular flexibility index (Phi) is 7.02. The molecule has 3 aromatic rings. The van der Waals surface area contributed by atoms with Crippen LogP contribution in [-0.4, -0.2) is 31.7 Å². The van der Waals surface area contributed by atoms with Crippen LogP contribution in [-0.2, 0) is 19.6 Å². The third-order valence-electron chi connectivity index (χ3n) is 4.81. The van der Waals surface area contributed by atoms with Crippen molar-refractivity contribution >= 4 is 34.8 Å². The molecule has 0 aliphatic rings. The van der Waals surface area contributed by atoms with Crippen LogP contribution < -0.4 is 0 Å². The first-order valence-corrected chi connectivity index (χ1v) is 10.2. The fourth-order valence-corrected chi connectivity index (χ4v) is 3.49. The van der Waals surface area contributed by atoms with Gasteiger partial charge in [-0.25, -0.2) is 4.68 Å². The largest absolute Gasteiger partial charge is 0.392 e. The van der Waals surface area contributed by atoms with Crippen LogP contribution in [0.2, 0.25) is 10.0 Å². The highest BCUT2D eigenvalue weighted by Gasteiger charge is 2.18. The van der Waals surface area contributed by atoms with Gasteiger partial charge in [-0.2, -0.15) is 0 Å². The van der Waals surface area contributed by atoms with E-state index in [2.05, 4.69) is 10.3 Å². The normalized spacial score (nSPS) is 11.0. The van der Waals surface area contributed by atoms with Crippen LogP contribution in [0.1, 0.15) is 56.6 Å². The van der Waals surface area contributed by atoms with Crippen molar-refractivity contribution in [1.29, 1.82) is 0 Å². The van der Waals surface area contributed by atoms with E-state index in [1.54, 1.807) is 48.9 Å². The van der Waals surface area contributed by atoms with Gasteiger partial charge in [0.25, 0.3) is 0 Å². The molecule has 156 valence electrons. The average molecular weight is 446 g/mol. The number of nitrogens with zero attached hydrogens (tertiary/aromatic N) is 3. The monoisotopic (exact) mass is 445 g/mol. The molecule has 0 fully saturated rings. The molecule has 1 aromatic heterocycles. The Hall–Kier alpha value is -2.54. The molecule has 0 atom stereocenters. The SMILES string of the molecule is CCC(=O)c1cc(CO)cc(CC(=O)c2nnn(Cc3ccc(Cl)c(Cl)c3)c2C)c1. The van der Waals surface area contributed by atoms with Gasteiger partial charge in [-0.15, -0.1) is 5.10 Å². The average Bonchev–Trinajstić information content (AvgIpc) is 3.10. The molecule has 0 amide bonds. The van der Waals surface area contributed by atoms with Gasteiger partial charge in [-0.1, -0.05) is 47.5 Å². The van der Waals surface area contributed by atoms with E-state index < -0.39 is 0 Å². The lowest BCUT2D eigenvalue weighted by Gasteiger charge is -2.08. The first-order chi connectivity index (χ1) is 14.3. The third kappa shape index (κ3) is 4.95. The highest BCUT2D eigenvalue weighted by molar-refractivity contribution is 6.42. The lowest BCUT2D eigenvalue weighted by atomic mass is 9.98. The number of halogens is 2. The molecule has 30 heavy (non-hydrogen) atoms. The Labute approximate surface area is 184 Å². The highest BCUT2D eigenvalue weighted by Crippen LogP contribution is 2.23. The van der Waals surface area contributed by atoms with Crippen LogP contribution in [0.25, 0.3) is 0 Å². The molecule has 6 nitrogen and oxygen atoms in total. The van der Waals surface area contributed by atoms with Gasteiger partial charge in [0.05, 0.1) is 28.9 Å². The summed E-state index contributed by atoms with van der Waals surface area (Å²) in [6.45, 7) is 3.75. The summed E-state index contributed by atoms with van der Waals surface area (Å²) in [5.74, 6) is -0.249. The van der Waals surface area contributed by atoms with E-state index in [0.717, 1.165) is 5.56 Å². The molecular formula is C22H21Cl2N3O3. The van der Waals surface area contributed by atoms with Crippen LogP contribution >= 0.6 is 23.2 Å². The Bertz CT molecular complexity index is 1110. The lowest BCUT2D eigenvalue weighted by Crippen LogP contribution is -2.09. The Morgan fingerprint density at radius 1 is 1.00 bits per heavy atom. The smallest absolute Gasteiger partial charge is 0.189 e. The van der Waals surface area contributed by atoms with E-state index in [1.807, 2.05) is 6.07 Å². The van der Waals surface area contributed by atoms with Crippen LogP contribution in [0.3, 0.4) is 0 Å². The summed E-state index contributed by atoms with van der Waals surface area (Å²) in [6, 6.07) is 10.4. The van der Waals surface area contributed by atoms with Crippen molar-refractivity contribution < 1.29 is 14.7 Å². The van der Waals surface area contributed by atoms with E-state index in [4.69, 9.17) is 23.2 Å². The fraction of sp³-hybridized carbons (Fsp3) is 0.273. The van der Waals surface area contributed by atoms with Gasteiger partial charge in [-0.3, -0.25) is 9.59 Å². The number of carbonyl (C=O) groups excluding carboxylic acids is 2. The number of hydrogen-bond donors (Lipinski definition) is 1. The first-order valence-electron chi connectivity index (χ1n) is 9.46. The summed E-state index contributed by atoms with van der Waals surface area (Å²) in [4.78, 5) is 24.9. The van der Waals surface area contributed by atoms with Crippen molar-refractivity contribution in [3.8, 4) is 0 Å². The molecule has 0 unspecified atom stereocenters. The number of aliphatic hydroxyl groups excluding tert-OH is 1. The maximum atomic E-state index is 12.8. The van der Waals surface area contributed by atoms with Crippen molar-refractivity contribution in [3.05, 3.63) is 80.1 Å². The molecule has 1 N–H and O–H groups in total. The van der Waals surface area contributed by atoms with Crippen molar-refractivity contribution in [2.75, 3.05) is 0 Å². The third-order valence-corrected chi connectivity index (χ3v) is 5.54. The van der Waals surface area contributed by atoms with Crippen molar-refractivity contribution in [1.82, 2.24) is 15.0 Å². The number of Topliss-reactive ketones (excluding diaryl/α,β-unsaturated/α-hetero) is 2. The topological polar surface area (TPSA) is 85.1 Å². The van der Waals surface area contributed by atoms with E-state index in [9.17, 15) is 14.7 Å². The molecule has 8 heteroatoms. The maximum Gasteiger partial charge on any atom is 0.189 e. The second kappa shape index (κ2) is 9.51. The summed E-state index contributed by atoms with van der Waals surface area (Å²) in [7, 11) is 0. The molecule has 1 heterocycles. The minimum absolute atomic E-state index is 0.0391. The maximum absolute atomic E-state index is 12.8.